The number of carbonyl (C=O) groups excluding carboxylic acids is 2. The molecule has 1 heterocycles. The molecule has 31 heavy (non-hydrogen) atoms. The molecule has 2 fully saturated rings. The molecule has 3 aliphatic rings. The van der Waals surface area contributed by atoms with Crippen molar-refractivity contribution in [1.29, 1.82) is 0 Å². The van der Waals surface area contributed by atoms with Gasteiger partial charge in [0.05, 0.1) is 10.6 Å². The first-order valence-electron chi connectivity index (χ1n) is 11.8. The topological polar surface area (TPSA) is 83.6 Å². The molecule has 1 unspecified atom stereocenters. The zero-order valence-electron chi connectivity index (χ0n) is 18.4. The summed E-state index contributed by atoms with van der Waals surface area (Å²) < 4.78 is 25.8. The number of carbonyl (C=O) groups is 2. The fourth-order valence-electron chi connectivity index (χ4n) is 4.91. The van der Waals surface area contributed by atoms with E-state index in [1.54, 1.807) is 18.2 Å². The lowest BCUT2D eigenvalue weighted by atomic mass is 9.97. The number of nitrogens with zero attached hydrogens (tertiary/aromatic N) is 1. The van der Waals surface area contributed by atoms with E-state index in [0.717, 1.165) is 49.8 Å². The largest absolute Gasteiger partial charge is 0.353 e. The van der Waals surface area contributed by atoms with E-state index >= 15 is 0 Å². The first-order valence-corrected chi connectivity index (χ1v) is 13.5. The van der Waals surface area contributed by atoms with Gasteiger partial charge >= 0.3 is 0 Å². The van der Waals surface area contributed by atoms with Crippen molar-refractivity contribution < 1.29 is 18.0 Å². The fraction of sp³-hybridized carbons (Fsp3) is 0.667. The number of sulfone groups is 1. The Morgan fingerprint density at radius 3 is 2.39 bits per heavy atom. The van der Waals surface area contributed by atoms with Gasteiger partial charge in [0.15, 0.2) is 9.84 Å². The van der Waals surface area contributed by atoms with Crippen molar-refractivity contribution in [2.75, 3.05) is 10.7 Å². The predicted molar refractivity (Wildman–Crippen MR) is 121 cm³/mol. The Labute approximate surface area is 185 Å². The van der Waals surface area contributed by atoms with Crippen molar-refractivity contribution in [3.05, 3.63) is 23.8 Å². The molecule has 0 spiro atoms. The van der Waals surface area contributed by atoms with Crippen molar-refractivity contribution in [1.82, 2.24) is 5.32 Å². The van der Waals surface area contributed by atoms with E-state index < -0.39 is 9.84 Å². The molecule has 1 aliphatic heterocycles. The summed E-state index contributed by atoms with van der Waals surface area (Å²) in [6, 6.07) is 5.28. The molecule has 2 aliphatic carbocycles. The summed E-state index contributed by atoms with van der Waals surface area (Å²) in [7, 11) is -3.55. The molecule has 0 bridgehead atoms. The summed E-state index contributed by atoms with van der Waals surface area (Å²) in [5, 5.41) is 3.05. The number of anilines is 1. The highest BCUT2D eigenvalue weighted by molar-refractivity contribution is 7.91. The van der Waals surface area contributed by atoms with E-state index in [1.807, 2.05) is 11.8 Å². The molecule has 1 aromatic rings. The lowest BCUT2D eigenvalue weighted by Crippen LogP contribution is -2.36. The third-order valence-electron chi connectivity index (χ3n) is 6.86. The molecule has 4 rings (SSSR count). The first-order chi connectivity index (χ1) is 14.8. The number of hydrogen-bond acceptors (Lipinski definition) is 4. The average molecular weight is 447 g/mol. The maximum atomic E-state index is 12.9. The van der Waals surface area contributed by atoms with Crippen LogP contribution in [-0.4, -0.2) is 38.1 Å². The van der Waals surface area contributed by atoms with Gasteiger partial charge in [-0.05, 0) is 62.8 Å². The van der Waals surface area contributed by atoms with Crippen LogP contribution in [0.3, 0.4) is 0 Å². The standard InChI is InChI=1S/C24H34N2O4S/c1-17-15-19-16-21(11-12-22(19)26(17)24(28)18-9-10-18)31(29,30)14-13-23(27)25-20-7-5-3-2-4-6-8-20/h11-12,16-18,20H,2-10,13-15H2,1H3,(H,25,27). The number of amides is 2. The predicted octanol–water partition coefficient (Wildman–Crippen LogP) is 3.77. The Hall–Kier alpha value is -1.89. The molecule has 6 nitrogen and oxygen atoms in total. The molecule has 1 N–H and O–H groups in total. The normalized spacial score (nSPS) is 22.5. The molecule has 1 aromatic carbocycles. The van der Waals surface area contributed by atoms with E-state index in [2.05, 4.69) is 5.32 Å². The third kappa shape index (κ3) is 5.30. The Balaban J connectivity index is 1.37. The zero-order chi connectivity index (χ0) is 22.0. The Morgan fingerprint density at radius 1 is 1.03 bits per heavy atom. The minimum absolute atomic E-state index is 0.0153. The lowest BCUT2D eigenvalue weighted by Gasteiger charge is -2.22. The number of rotatable bonds is 6. The molecule has 7 heteroatoms. The van der Waals surface area contributed by atoms with Crippen LogP contribution >= 0.6 is 0 Å². The van der Waals surface area contributed by atoms with Gasteiger partial charge in [0.1, 0.15) is 0 Å². The van der Waals surface area contributed by atoms with Gasteiger partial charge < -0.3 is 10.2 Å². The molecular weight excluding hydrogens is 412 g/mol. The maximum Gasteiger partial charge on any atom is 0.230 e. The smallest absolute Gasteiger partial charge is 0.230 e. The third-order valence-corrected chi connectivity index (χ3v) is 8.57. The van der Waals surface area contributed by atoms with Gasteiger partial charge in [0.25, 0.3) is 0 Å². The van der Waals surface area contributed by atoms with Gasteiger partial charge in [-0.25, -0.2) is 8.42 Å². The molecular formula is C24H34N2O4S. The second kappa shape index (κ2) is 9.31. The van der Waals surface area contributed by atoms with Gasteiger partial charge in [0.2, 0.25) is 11.8 Å². The van der Waals surface area contributed by atoms with Crippen LogP contribution in [0.5, 0.6) is 0 Å². The summed E-state index contributed by atoms with van der Waals surface area (Å²) in [5.41, 5.74) is 1.74. The van der Waals surface area contributed by atoms with Crippen LogP contribution in [0.1, 0.15) is 76.7 Å². The molecule has 0 aromatic heterocycles. The van der Waals surface area contributed by atoms with Crippen LogP contribution in [0.2, 0.25) is 0 Å². The first kappa shape index (κ1) is 22.3. The molecule has 2 amide bonds. The molecule has 0 saturated heterocycles. The highest BCUT2D eigenvalue weighted by atomic mass is 32.2. The Kier molecular flexibility index (Phi) is 6.70. The number of benzene rings is 1. The van der Waals surface area contributed by atoms with Gasteiger partial charge in [-0.1, -0.05) is 32.1 Å². The van der Waals surface area contributed by atoms with E-state index in [4.69, 9.17) is 0 Å². The van der Waals surface area contributed by atoms with Gasteiger partial charge in [-0.3, -0.25) is 9.59 Å². The number of hydrogen-bond donors (Lipinski definition) is 1. The second-order valence-electron chi connectivity index (χ2n) is 9.50. The van der Waals surface area contributed by atoms with Crippen LogP contribution < -0.4 is 10.2 Å². The van der Waals surface area contributed by atoms with Crippen molar-refractivity contribution in [3.8, 4) is 0 Å². The molecule has 1 atom stereocenters. The summed E-state index contributed by atoms with van der Waals surface area (Å²) in [4.78, 5) is 27.1. The van der Waals surface area contributed by atoms with Crippen molar-refractivity contribution in [2.45, 2.75) is 94.5 Å². The van der Waals surface area contributed by atoms with Crippen LogP contribution in [-0.2, 0) is 25.8 Å². The molecule has 2 saturated carbocycles. The Bertz CT molecular complexity index is 931. The highest BCUT2D eigenvalue weighted by Gasteiger charge is 2.39. The minimum atomic E-state index is -3.55. The van der Waals surface area contributed by atoms with Crippen molar-refractivity contribution in [3.63, 3.8) is 0 Å². The van der Waals surface area contributed by atoms with E-state index in [-0.39, 0.29) is 46.9 Å². The SMILES string of the molecule is CC1Cc2cc(S(=O)(=O)CCC(=O)NC3CCCCCCC3)ccc2N1C(=O)C1CC1. The lowest BCUT2D eigenvalue weighted by molar-refractivity contribution is -0.121. The van der Waals surface area contributed by atoms with Crippen LogP contribution in [0.25, 0.3) is 0 Å². The average Bonchev–Trinajstić information content (AvgIpc) is 3.50. The van der Waals surface area contributed by atoms with Crippen molar-refractivity contribution >= 4 is 27.3 Å². The summed E-state index contributed by atoms with van der Waals surface area (Å²) in [6.07, 6.45) is 10.5. The van der Waals surface area contributed by atoms with E-state index in [9.17, 15) is 18.0 Å². The Morgan fingerprint density at radius 2 is 1.71 bits per heavy atom. The van der Waals surface area contributed by atoms with Gasteiger partial charge in [-0.2, -0.15) is 0 Å². The summed E-state index contributed by atoms with van der Waals surface area (Å²) >= 11 is 0. The van der Waals surface area contributed by atoms with Crippen LogP contribution in [0, 0.1) is 5.92 Å². The van der Waals surface area contributed by atoms with E-state index in [1.165, 1.54) is 19.3 Å². The fourth-order valence-corrected chi connectivity index (χ4v) is 6.20. The van der Waals surface area contributed by atoms with Gasteiger partial charge in [0, 0.05) is 30.1 Å². The van der Waals surface area contributed by atoms with Crippen LogP contribution in [0.15, 0.2) is 23.1 Å². The van der Waals surface area contributed by atoms with E-state index in [0.29, 0.717) is 6.42 Å². The monoisotopic (exact) mass is 446 g/mol. The molecule has 0 radical (unpaired) electrons. The summed E-state index contributed by atoms with van der Waals surface area (Å²) in [5.74, 6) is -0.0732. The van der Waals surface area contributed by atoms with Crippen LogP contribution in [0.4, 0.5) is 5.69 Å². The second-order valence-corrected chi connectivity index (χ2v) is 11.6. The zero-order valence-corrected chi connectivity index (χ0v) is 19.3. The highest BCUT2D eigenvalue weighted by Crippen LogP contribution is 2.39. The van der Waals surface area contributed by atoms with Crippen molar-refractivity contribution in [2.24, 2.45) is 5.92 Å². The quantitative estimate of drug-likeness (QED) is 0.721. The number of nitrogens with one attached hydrogen (secondary N) is 1. The summed E-state index contributed by atoms with van der Waals surface area (Å²) in [6.45, 7) is 2.01. The van der Waals surface area contributed by atoms with Gasteiger partial charge in [-0.15, -0.1) is 0 Å². The minimum Gasteiger partial charge on any atom is -0.353 e. The molecule has 170 valence electrons. The maximum absolute atomic E-state index is 12.9. The number of fused-ring (bicyclic) bond motifs is 1.